The van der Waals surface area contributed by atoms with Crippen LogP contribution in [0, 0.1) is 0 Å². The van der Waals surface area contributed by atoms with Crippen LogP contribution in [0.15, 0.2) is 24.0 Å². The zero-order chi connectivity index (χ0) is 7.40. The summed E-state index contributed by atoms with van der Waals surface area (Å²) in [6.45, 7) is 7.84. The molecule has 0 aromatic rings. The minimum Gasteiger partial charge on any atom is -0.365 e. The molecule has 0 aliphatic carbocycles. The van der Waals surface area contributed by atoms with Crippen LogP contribution >= 0.6 is 0 Å². The van der Waals surface area contributed by atoms with Gasteiger partial charge in [-0.1, -0.05) is 12.2 Å². The Bertz CT molecular complexity index is 159. The molecule has 0 saturated heterocycles. The van der Waals surface area contributed by atoms with Gasteiger partial charge in [-0.05, 0) is 26.1 Å². The Balaban J connectivity index is 2.58. The summed E-state index contributed by atoms with van der Waals surface area (Å²) in [5.41, 5.74) is 2.72. The molecule has 0 atom stereocenters. The van der Waals surface area contributed by atoms with Gasteiger partial charge in [0.15, 0.2) is 0 Å². The van der Waals surface area contributed by atoms with Crippen LogP contribution in [0.1, 0.15) is 13.3 Å². The highest BCUT2D eigenvalue weighted by molar-refractivity contribution is 5.16. The van der Waals surface area contributed by atoms with E-state index in [9.17, 15) is 0 Å². The summed E-state index contributed by atoms with van der Waals surface area (Å²) in [5.74, 6) is 0. The molecule has 0 bridgehead atoms. The molecule has 1 aliphatic heterocycles. The number of nitrogens with one attached hydrogen (secondary N) is 2. The van der Waals surface area contributed by atoms with Crippen LogP contribution in [-0.2, 0) is 0 Å². The Morgan fingerprint density at radius 1 is 1.70 bits per heavy atom. The van der Waals surface area contributed by atoms with Gasteiger partial charge in [0.25, 0.3) is 0 Å². The average molecular weight is 138 g/mol. The van der Waals surface area contributed by atoms with Crippen LogP contribution in [0.4, 0.5) is 0 Å². The van der Waals surface area contributed by atoms with Crippen molar-refractivity contribution in [2.75, 3.05) is 13.1 Å². The van der Waals surface area contributed by atoms with Crippen LogP contribution in [0.5, 0.6) is 0 Å². The molecule has 2 nitrogen and oxygen atoms in total. The van der Waals surface area contributed by atoms with Gasteiger partial charge in [-0.15, -0.1) is 0 Å². The second kappa shape index (κ2) is 3.42. The fourth-order valence-electron chi connectivity index (χ4n) is 1.09. The standard InChI is InChI=1S/C8H14N2/c1-3-10-8-6-9-5-4-7(8)2/h3,9-10H,1,4-6H2,2H3. The molecule has 56 valence electrons. The molecule has 0 amide bonds. The van der Waals surface area contributed by atoms with Gasteiger partial charge in [-0.25, -0.2) is 0 Å². The molecule has 1 aliphatic rings. The SMILES string of the molecule is C=CNC1=C(C)CCNC1. The van der Waals surface area contributed by atoms with E-state index in [1.807, 2.05) is 0 Å². The van der Waals surface area contributed by atoms with Crippen molar-refractivity contribution >= 4 is 0 Å². The lowest BCUT2D eigenvalue weighted by Crippen LogP contribution is -2.29. The summed E-state index contributed by atoms with van der Waals surface area (Å²) in [4.78, 5) is 0. The molecule has 0 spiro atoms. The molecule has 2 heteroatoms. The first-order chi connectivity index (χ1) is 4.84. The van der Waals surface area contributed by atoms with E-state index < -0.39 is 0 Å². The normalized spacial score (nSPS) is 18.9. The molecule has 1 rings (SSSR count). The monoisotopic (exact) mass is 138 g/mol. The van der Waals surface area contributed by atoms with E-state index in [2.05, 4.69) is 24.1 Å². The zero-order valence-corrected chi connectivity index (χ0v) is 6.41. The van der Waals surface area contributed by atoms with Crippen molar-refractivity contribution < 1.29 is 0 Å². The molecular weight excluding hydrogens is 124 g/mol. The summed E-state index contributed by atoms with van der Waals surface area (Å²) in [5, 5.41) is 6.40. The fraction of sp³-hybridized carbons (Fsp3) is 0.500. The first-order valence-electron chi connectivity index (χ1n) is 3.61. The van der Waals surface area contributed by atoms with Crippen LogP contribution in [-0.4, -0.2) is 13.1 Å². The van der Waals surface area contributed by atoms with Crippen LogP contribution in [0.25, 0.3) is 0 Å². The average Bonchev–Trinajstić information content (AvgIpc) is 1.94. The molecule has 2 N–H and O–H groups in total. The van der Waals surface area contributed by atoms with Gasteiger partial charge in [0, 0.05) is 12.2 Å². The Morgan fingerprint density at radius 3 is 3.10 bits per heavy atom. The summed E-state index contributed by atoms with van der Waals surface area (Å²) < 4.78 is 0. The van der Waals surface area contributed by atoms with Crippen LogP contribution in [0.3, 0.4) is 0 Å². The highest BCUT2D eigenvalue weighted by Gasteiger charge is 2.05. The topological polar surface area (TPSA) is 24.1 Å². The lowest BCUT2D eigenvalue weighted by atomic mass is 10.1. The zero-order valence-electron chi connectivity index (χ0n) is 6.41. The minimum atomic E-state index is 0.956. The van der Waals surface area contributed by atoms with Crippen molar-refractivity contribution in [2.45, 2.75) is 13.3 Å². The van der Waals surface area contributed by atoms with Gasteiger partial charge in [0.05, 0.1) is 0 Å². The van der Waals surface area contributed by atoms with Crippen molar-refractivity contribution in [3.05, 3.63) is 24.0 Å². The predicted molar refractivity (Wildman–Crippen MR) is 43.5 cm³/mol. The smallest absolute Gasteiger partial charge is 0.0356 e. The Labute approximate surface area is 62.0 Å². The van der Waals surface area contributed by atoms with Crippen LogP contribution < -0.4 is 10.6 Å². The maximum Gasteiger partial charge on any atom is 0.0356 e. The third-order valence-electron chi connectivity index (χ3n) is 1.77. The van der Waals surface area contributed by atoms with E-state index >= 15 is 0 Å². The summed E-state index contributed by atoms with van der Waals surface area (Å²) in [7, 11) is 0. The van der Waals surface area contributed by atoms with Gasteiger partial charge < -0.3 is 10.6 Å². The van der Waals surface area contributed by atoms with E-state index in [0.29, 0.717) is 0 Å². The second-order valence-electron chi connectivity index (χ2n) is 2.53. The van der Waals surface area contributed by atoms with Gasteiger partial charge in [-0.2, -0.15) is 0 Å². The van der Waals surface area contributed by atoms with E-state index in [0.717, 1.165) is 19.5 Å². The fourth-order valence-corrected chi connectivity index (χ4v) is 1.09. The van der Waals surface area contributed by atoms with Crippen molar-refractivity contribution in [1.29, 1.82) is 0 Å². The van der Waals surface area contributed by atoms with Crippen molar-refractivity contribution in [1.82, 2.24) is 10.6 Å². The number of rotatable bonds is 2. The lowest BCUT2D eigenvalue weighted by molar-refractivity contribution is 0.653. The van der Waals surface area contributed by atoms with Gasteiger partial charge >= 0.3 is 0 Å². The number of hydrogen-bond donors (Lipinski definition) is 2. The van der Waals surface area contributed by atoms with E-state index in [-0.39, 0.29) is 0 Å². The highest BCUT2D eigenvalue weighted by Crippen LogP contribution is 2.07. The second-order valence-corrected chi connectivity index (χ2v) is 2.53. The summed E-state index contributed by atoms with van der Waals surface area (Å²) >= 11 is 0. The summed E-state index contributed by atoms with van der Waals surface area (Å²) in [6, 6.07) is 0. The minimum absolute atomic E-state index is 0.956. The largest absolute Gasteiger partial charge is 0.365 e. The third-order valence-corrected chi connectivity index (χ3v) is 1.77. The molecule has 0 radical (unpaired) electrons. The predicted octanol–water partition coefficient (Wildman–Crippen LogP) is 0.987. The van der Waals surface area contributed by atoms with E-state index in [4.69, 9.17) is 0 Å². The van der Waals surface area contributed by atoms with Crippen molar-refractivity contribution in [2.24, 2.45) is 0 Å². The van der Waals surface area contributed by atoms with Gasteiger partial charge in [-0.3, -0.25) is 0 Å². The molecule has 0 unspecified atom stereocenters. The number of hydrogen-bond acceptors (Lipinski definition) is 2. The van der Waals surface area contributed by atoms with Crippen molar-refractivity contribution in [3.63, 3.8) is 0 Å². The van der Waals surface area contributed by atoms with Crippen LogP contribution in [0.2, 0.25) is 0 Å². The highest BCUT2D eigenvalue weighted by atomic mass is 15.0. The molecule has 0 aromatic carbocycles. The van der Waals surface area contributed by atoms with Gasteiger partial charge in [0.2, 0.25) is 0 Å². The molecule has 10 heavy (non-hydrogen) atoms. The maximum absolute atomic E-state index is 3.62. The molecule has 0 saturated carbocycles. The Hall–Kier alpha value is -0.760. The molecule has 1 heterocycles. The van der Waals surface area contributed by atoms with E-state index in [1.54, 1.807) is 6.20 Å². The van der Waals surface area contributed by atoms with Gasteiger partial charge in [0.1, 0.15) is 0 Å². The Kier molecular flexibility index (Phi) is 2.51. The van der Waals surface area contributed by atoms with Crippen molar-refractivity contribution in [3.8, 4) is 0 Å². The maximum atomic E-state index is 3.62. The molecule has 0 aromatic heterocycles. The quantitative estimate of drug-likeness (QED) is 0.594. The first kappa shape index (κ1) is 7.35. The lowest BCUT2D eigenvalue weighted by Gasteiger charge is -2.18. The summed E-state index contributed by atoms with van der Waals surface area (Å²) in [6.07, 6.45) is 2.88. The Morgan fingerprint density at radius 2 is 2.50 bits per heavy atom. The molecule has 0 fully saturated rings. The third kappa shape index (κ3) is 1.61. The van der Waals surface area contributed by atoms with E-state index in [1.165, 1.54) is 11.3 Å². The first-order valence-corrected chi connectivity index (χ1v) is 3.61. The molecular formula is C8H14N2.